The van der Waals surface area contributed by atoms with E-state index in [9.17, 15) is 24.3 Å². The van der Waals surface area contributed by atoms with Crippen molar-refractivity contribution in [2.45, 2.75) is 33.3 Å². The van der Waals surface area contributed by atoms with Crippen LogP contribution in [0.4, 0.5) is 0 Å². The molecule has 1 N–H and O–H groups in total. The van der Waals surface area contributed by atoms with E-state index in [1.54, 1.807) is 24.3 Å². The third-order valence-electron chi connectivity index (χ3n) is 3.70. The normalized spacial score (nSPS) is 11.3. The first-order valence-corrected chi connectivity index (χ1v) is 8.66. The van der Waals surface area contributed by atoms with Crippen LogP contribution in [-0.4, -0.2) is 34.9 Å². The Bertz CT molecular complexity index is 930. The number of phenolic OH excluding ortho intramolecular Hbond substituents is 1. The molecule has 2 aromatic rings. The molecule has 0 bridgehead atoms. The van der Waals surface area contributed by atoms with E-state index in [1.807, 2.05) is 0 Å². The molecule has 152 valence electrons. The second-order valence-electron chi connectivity index (χ2n) is 6.18. The smallest absolute Gasteiger partial charge is 0.308 e. The van der Waals surface area contributed by atoms with Gasteiger partial charge in [0.15, 0.2) is 6.10 Å². The monoisotopic (exact) mass is 400 g/mol. The van der Waals surface area contributed by atoms with Crippen LogP contribution in [0.5, 0.6) is 17.2 Å². The molecule has 0 saturated heterocycles. The van der Waals surface area contributed by atoms with Gasteiger partial charge in [0, 0.05) is 33.3 Å². The maximum absolute atomic E-state index is 12.8. The number of benzene rings is 2. The zero-order valence-corrected chi connectivity index (χ0v) is 16.1. The van der Waals surface area contributed by atoms with Crippen molar-refractivity contribution in [1.29, 1.82) is 0 Å². The van der Waals surface area contributed by atoms with Crippen molar-refractivity contribution in [3.05, 3.63) is 53.6 Å². The molecule has 0 fully saturated rings. The molecule has 1 atom stereocenters. The molecule has 0 aliphatic heterocycles. The summed E-state index contributed by atoms with van der Waals surface area (Å²) in [4.78, 5) is 46.3. The number of ketones is 1. The number of carbonyl (C=O) groups is 4. The number of Topliss-reactive ketones (excluding diaryl/α,β-unsaturated/α-hetero) is 1. The highest BCUT2D eigenvalue weighted by Gasteiger charge is 2.26. The standard InChI is InChI=1S/C21H20O8/c1-12(22)27-16-6-4-15(5-7-16)10-20(29-14(3)24)21(26)18-9-8-17(11-19(18)25)28-13(2)23/h4-9,11,20,25H,10H2,1-3H3/t20-/m0/s1. The fourth-order valence-electron chi connectivity index (χ4n) is 2.58. The lowest BCUT2D eigenvalue weighted by atomic mass is 9.99. The van der Waals surface area contributed by atoms with Gasteiger partial charge in [0.05, 0.1) is 5.56 Å². The highest BCUT2D eigenvalue weighted by molar-refractivity contribution is 6.02. The lowest BCUT2D eigenvalue weighted by Crippen LogP contribution is -2.29. The quantitative estimate of drug-likeness (QED) is 0.428. The fraction of sp³-hybridized carbons (Fsp3) is 0.238. The van der Waals surface area contributed by atoms with Crippen LogP contribution in [-0.2, 0) is 25.5 Å². The molecule has 0 aliphatic carbocycles. The number of ether oxygens (including phenoxy) is 3. The van der Waals surface area contributed by atoms with Crippen molar-refractivity contribution in [2.24, 2.45) is 0 Å². The number of phenols is 1. The Morgan fingerprint density at radius 2 is 1.38 bits per heavy atom. The molecule has 0 aliphatic rings. The molecule has 2 aromatic carbocycles. The van der Waals surface area contributed by atoms with Gasteiger partial charge in [0.1, 0.15) is 17.2 Å². The minimum atomic E-state index is -1.18. The summed E-state index contributed by atoms with van der Waals surface area (Å²) in [5, 5.41) is 10.1. The van der Waals surface area contributed by atoms with Gasteiger partial charge in [0.2, 0.25) is 5.78 Å². The topological polar surface area (TPSA) is 116 Å². The lowest BCUT2D eigenvalue weighted by molar-refractivity contribution is -0.144. The van der Waals surface area contributed by atoms with Gasteiger partial charge >= 0.3 is 17.9 Å². The Labute approximate surface area is 167 Å². The zero-order valence-electron chi connectivity index (χ0n) is 16.1. The van der Waals surface area contributed by atoms with Crippen LogP contribution in [0.1, 0.15) is 36.7 Å². The summed E-state index contributed by atoms with van der Waals surface area (Å²) < 4.78 is 15.0. The van der Waals surface area contributed by atoms with E-state index in [0.29, 0.717) is 11.3 Å². The minimum absolute atomic E-state index is 0.0455. The number of carbonyl (C=O) groups excluding carboxylic acids is 4. The van der Waals surface area contributed by atoms with Crippen molar-refractivity contribution >= 4 is 23.7 Å². The SMILES string of the molecule is CC(=O)Oc1ccc(C[C@H](OC(C)=O)C(=O)c2ccc(OC(C)=O)cc2O)cc1. The van der Waals surface area contributed by atoms with Gasteiger partial charge in [-0.05, 0) is 29.8 Å². The van der Waals surface area contributed by atoms with Gasteiger partial charge in [-0.3, -0.25) is 19.2 Å². The molecule has 0 heterocycles. The van der Waals surface area contributed by atoms with Gasteiger partial charge in [-0.15, -0.1) is 0 Å². The Morgan fingerprint density at radius 1 is 0.828 bits per heavy atom. The van der Waals surface area contributed by atoms with Gasteiger partial charge in [-0.2, -0.15) is 0 Å². The largest absolute Gasteiger partial charge is 0.507 e. The molecule has 0 amide bonds. The van der Waals surface area contributed by atoms with Crippen LogP contribution in [0.25, 0.3) is 0 Å². The van der Waals surface area contributed by atoms with Gasteiger partial charge < -0.3 is 19.3 Å². The molecular formula is C21H20O8. The number of rotatable bonds is 7. The molecule has 8 nitrogen and oxygen atoms in total. The molecule has 0 radical (unpaired) electrons. The Hall–Kier alpha value is -3.68. The number of aromatic hydroxyl groups is 1. The summed E-state index contributed by atoms with van der Waals surface area (Å²) in [5.41, 5.74) is 0.570. The summed E-state index contributed by atoms with van der Waals surface area (Å²) in [6.07, 6.45) is -1.14. The van der Waals surface area contributed by atoms with Crippen molar-refractivity contribution < 1.29 is 38.5 Å². The molecule has 2 rings (SSSR count). The van der Waals surface area contributed by atoms with Crippen molar-refractivity contribution in [1.82, 2.24) is 0 Å². The molecule has 0 saturated carbocycles. The molecule has 8 heteroatoms. The average Bonchev–Trinajstić information content (AvgIpc) is 2.61. The maximum atomic E-state index is 12.8. The Balaban J connectivity index is 2.23. The Kier molecular flexibility index (Phi) is 7.08. The zero-order chi connectivity index (χ0) is 21.6. The van der Waals surface area contributed by atoms with E-state index >= 15 is 0 Å². The van der Waals surface area contributed by atoms with Gasteiger partial charge in [-0.25, -0.2) is 0 Å². The third-order valence-corrected chi connectivity index (χ3v) is 3.70. The Morgan fingerprint density at radius 3 is 1.90 bits per heavy atom. The predicted octanol–water partition coefficient (Wildman–Crippen LogP) is 2.60. The number of esters is 3. The first-order valence-electron chi connectivity index (χ1n) is 8.66. The second kappa shape index (κ2) is 9.50. The molecule has 0 aromatic heterocycles. The van der Waals surface area contributed by atoms with Crippen molar-refractivity contribution in [2.75, 3.05) is 0 Å². The van der Waals surface area contributed by atoms with E-state index in [-0.39, 0.29) is 17.7 Å². The van der Waals surface area contributed by atoms with Crippen LogP contribution < -0.4 is 9.47 Å². The van der Waals surface area contributed by atoms with Crippen LogP contribution >= 0.6 is 0 Å². The second-order valence-corrected chi connectivity index (χ2v) is 6.18. The summed E-state index contributed by atoms with van der Waals surface area (Å²) in [6, 6.07) is 10.1. The summed E-state index contributed by atoms with van der Waals surface area (Å²) in [7, 11) is 0. The fourth-order valence-corrected chi connectivity index (χ4v) is 2.58. The minimum Gasteiger partial charge on any atom is -0.507 e. The van der Waals surface area contributed by atoms with Crippen LogP contribution in [0.2, 0.25) is 0 Å². The van der Waals surface area contributed by atoms with E-state index in [2.05, 4.69) is 0 Å². The first kappa shape index (κ1) is 21.6. The van der Waals surface area contributed by atoms with Crippen LogP contribution in [0.3, 0.4) is 0 Å². The van der Waals surface area contributed by atoms with E-state index in [4.69, 9.17) is 14.2 Å². The lowest BCUT2D eigenvalue weighted by Gasteiger charge is -2.17. The summed E-state index contributed by atoms with van der Waals surface area (Å²) in [6.45, 7) is 3.66. The highest BCUT2D eigenvalue weighted by atomic mass is 16.5. The average molecular weight is 400 g/mol. The van der Waals surface area contributed by atoms with E-state index in [0.717, 1.165) is 6.07 Å². The van der Waals surface area contributed by atoms with Gasteiger partial charge in [-0.1, -0.05) is 12.1 Å². The first-order chi connectivity index (χ1) is 13.7. The van der Waals surface area contributed by atoms with E-state index in [1.165, 1.54) is 32.9 Å². The number of hydrogen-bond donors (Lipinski definition) is 1. The van der Waals surface area contributed by atoms with Crippen LogP contribution in [0.15, 0.2) is 42.5 Å². The molecule has 0 spiro atoms. The van der Waals surface area contributed by atoms with Crippen LogP contribution in [0, 0.1) is 0 Å². The molecule has 29 heavy (non-hydrogen) atoms. The van der Waals surface area contributed by atoms with E-state index < -0.39 is 35.5 Å². The highest BCUT2D eigenvalue weighted by Crippen LogP contribution is 2.26. The summed E-state index contributed by atoms with van der Waals surface area (Å²) >= 11 is 0. The molecular weight excluding hydrogens is 380 g/mol. The summed E-state index contributed by atoms with van der Waals surface area (Å²) in [5.74, 6) is -2.29. The maximum Gasteiger partial charge on any atom is 0.308 e. The van der Waals surface area contributed by atoms with Gasteiger partial charge in [0.25, 0.3) is 0 Å². The third kappa shape index (κ3) is 6.46. The number of hydrogen-bond acceptors (Lipinski definition) is 8. The van der Waals surface area contributed by atoms with Crippen molar-refractivity contribution in [3.63, 3.8) is 0 Å². The predicted molar refractivity (Wildman–Crippen MR) is 101 cm³/mol. The molecule has 0 unspecified atom stereocenters. The van der Waals surface area contributed by atoms with Crippen molar-refractivity contribution in [3.8, 4) is 17.2 Å².